The van der Waals surface area contributed by atoms with Gasteiger partial charge >= 0.3 is 0 Å². The zero-order valence-electron chi connectivity index (χ0n) is 16.0. The summed E-state index contributed by atoms with van der Waals surface area (Å²) in [4.78, 5) is 27.8. The van der Waals surface area contributed by atoms with Crippen molar-refractivity contribution in [2.24, 2.45) is 0 Å². The predicted octanol–water partition coefficient (Wildman–Crippen LogP) is 5.82. The van der Waals surface area contributed by atoms with E-state index in [1.807, 2.05) is 60.8 Å². The fourth-order valence-electron chi connectivity index (χ4n) is 3.32. The van der Waals surface area contributed by atoms with Crippen molar-refractivity contribution in [3.8, 4) is 0 Å². The third kappa shape index (κ3) is 3.91. The molecule has 0 spiro atoms. The Hall–Kier alpha value is -3.44. The second-order valence-corrected chi connectivity index (χ2v) is 7.50. The molecule has 1 aromatic heterocycles. The van der Waals surface area contributed by atoms with Gasteiger partial charge in [-0.1, -0.05) is 42.5 Å². The molecule has 2 amide bonds. The van der Waals surface area contributed by atoms with Gasteiger partial charge in [0, 0.05) is 23.2 Å². The average Bonchev–Trinajstić information content (AvgIpc) is 3.30. The van der Waals surface area contributed by atoms with E-state index in [0.717, 1.165) is 16.5 Å². The number of benzene rings is 3. The van der Waals surface area contributed by atoms with Crippen molar-refractivity contribution in [1.29, 1.82) is 0 Å². The Morgan fingerprint density at radius 3 is 2.38 bits per heavy atom. The van der Waals surface area contributed by atoms with Gasteiger partial charge in [0.1, 0.15) is 0 Å². The molecule has 4 aromatic rings. The molecule has 144 valence electrons. The van der Waals surface area contributed by atoms with Gasteiger partial charge in [-0.05, 0) is 54.1 Å². The van der Waals surface area contributed by atoms with E-state index < -0.39 is 0 Å². The molecule has 0 atom stereocenters. The van der Waals surface area contributed by atoms with E-state index in [4.69, 9.17) is 0 Å². The van der Waals surface area contributed by atoms with Crippen molar-refractivity contribution in [3.63, 3.8) is 0 Å². The van der Waals surface area contributed by atoms with Crippen LogP contribution in [0.15, 0.2) is 84.2 Å². The SMILES string of the molecule is CCN(C(=O)c1ccc(NC(=O)c2cccs2)cc1)c1cccc2ccccc12. The monoisotopic (exact) mass is 400 g/mol. The topological polar surface area (TPSA) is 49.4 Å². The predicted molar refractivity (Wildman–Crippen MR) is 120 cm³/mol. The van der Waals surface area contributed by atoms with E-state index in [1.54, 1.807) is 35.2 Å². The Morgan fingerprint density at radius 2 is 1.66 bits per heavy atom. The lowest BCUT2D eigenvalue weighted by Gasteiger charge is -2.23. The lowest BCUT2D eigenvalue weighted by atomic mass is 10.1. The van der Waals surface area contributed by atoms with E-state index in [9.17, 15) is 9.59 Å². The molecule has 5 heteroatoms. The zero-order chi connectivity index (χ0) is 20.2. The van der Waals surface area contributed by atoms with Gasteiger partial charge in [0.15, 0.2) is 0 Å². The molecule has 1 heterocycles. The number of anilines is 2. The van der Waals surface area contributed by atoms with Crippen molar-refractivity contribution in [2.45, 2.75) is 6.92 Å². The molecule has 29 heavy (non-hydrogen) atoms. The van der Waals surface area contributed by atoms with Gasteiger partial charge in [-0.25, -0.2) is 0 Å². The quantitative estimate of drug-likeness (QED) is 0.459. The summed E-state index contributed by atoms with van der Waals surface area (Å²) in [7, 11) is 0. The maximum atomic E-state index is 13.2. The Balaban J connectivity index is 1.57. The van der Waals surface area contributed by atoms with Crippen molar-refractivity contribution >= 4 is 45.3 Å². The minimum absolute atomic E-state index is 0.0695. The van der Waals surface area contributed by atoms with Gasteiger partial charge in [-0.15, -0.1) is 11.3 Å². The zero-order valence-corrected chi connectivity index (χ0v) is 16.8. The van der Waals surface area contributed by atoms with Crippen molar-refractivity contribution < 1.29 is 9.59 Å². The van der Waals surface area contributed by atoms with Gasteiger partial charge in [0.2, 0.25) is 0 Å². The van der Waals surface area contributed by atoms with Gasteiger partial charge < -0.3 is 10.2 Å². The van der Waals surface area contributed by atoms with Crippen LogP contribution in [0.5, 0.6) is 0 Å². The van der Waals surface area contributed by atoms with Gasteiger partial charge in [0.25, 0.3) is 11.8 Å². The van der Waals surface area contributed by atoms with Crippen LogP contribution in [0.3, 0.4) is 0 Å². The number of nitrogens with one attached hydrogen (secondary N) is 1. The highest BCUT2D eigenvalue weighted by Gasteiger charge is 2.18. The van der Waals surface area contributed by atoms with E-state index in [2.05, 4.69) is 5.32 Å². The summed E-state index contributed by atoms with van der Waals surface area (Å²) in [6.45, 7) is 2.53. The van der Waals surface area contributed by atoms with Crippen molar-refractivity contribution in [2.75, 3.05) is 16.8 Å². The summed E-state index contributed by atoms with van der Waals surface area (Å²) in [6, 6.07) is 24.7. The molecule has 0 radical (unpaired) electrons. The standard InChI is InChI=1S/C24H20N2O2S/c1-2-26(21-10-5-8-17-7-3-4-9-20(17)21)24(28)18-12-14-19(15-13-18)25-23(27)22-11-6-16-29-22/h3-16H,2H2,1H3,(H,25,27). The number of nitrogens with zero attached hydrogens (tertiary/aromatic N) is 1. The van der Waals surface area contributed by atoms with Crippen LogP contribution in [0.25, 0.3) is 10.8 Å². The first-order valence-corrected chi connectivity index (χ1v) is 10.3. The first kappa shape index (κ1) is 18.9. The molecule has 4 nitrogen and oxygen atoms in total. The normalized spacial score (nSPS) is 10.7. The number of hydrogen-bond acceptors (Lipinski definition) is 3. The highest BCUT2D eigenvalue weighted by Crippen LogP contribution is 2.28. The van der Waals surface area contributed by atoms with Gasteiger partial charge in [0.05, 0.1) is 10.6 Å². The van der Waals surface area contributed by atoms with Crippen LogP contribution in [0.1, 0.15) is 27.0 Å². The summed E-state index contributed by atoms with van der Waals surface area (Å²) in [5, 5.41) is 6.87. The molecule has 0 fully saturated rings. The minimum Gasteiger partial charge on any atom is -0.321 e. The maximum absolute atomic E-state index is 13.2. The third-order valence-electron chi connectivity index (χ3n) is 4.75. The molecule has 0 saturated heterocycles. The highest BCUT2D eigenvalue weighted by molar-refractivity contribution is 7.12. The van der Waals surface area contributed by atoms with Crippen LogP contribution in [0.2, 0.25) is 0 Å². The summed E-state index contributed by atoms with van der Waals surface area (Å²) >= 11 is 1.39. The van der Waals surface area contributed by atoms with Gasteiger partial charge in [-0.3, -0.25) is 9.59 Å². The Kier molecular flexibility index (Phi) is 5.40. The summed E-state index contributed by atoms with van der Waals surface area (Å²) < 4.78 is 0. The van der Waals surface area contributed by atoms with E-state index in [0.29, 0.717) is 22.7 Å². The van der Waals surface area contributed by atoms with Crippen LogP contribution < -0.4 is 10.2 Å². The van der Waals surface area contributed by atoms with E-state index in [-0.39, 0.29) is 11.8 Å². The molecule has 4 rings (SSSR count). The first-order chi connectivity index (χ1) is 14.2. The van der Waals surface area contributed by atoms with E-state index >= 15 is 0 Å². The lowest BCUT2D eigenvalue weighted by Crippen LogP contribution is -2.30. The van der Waals surface area contributed by atoms with Crippen LogP contribution in [-0.4, -0.2) is 18.4 Å². The lowest BCUT2D eigenvalue weighted by molar-refractivity contribution is 0.0987. The van der Waals surface area contributed by atoms with Crippen LogP contribution >= 0.6 is 11.3 Å². The van der Waals surface area contributed by atoms with Crippen molar-refractivity contribution in [1.82, 2.24) is 0 Å². The molecule has 0 unspecified atom stereocenters. The smallest absolute Gasteiger partial charge is 0.265 e. The Morgan fingerprint density at radius 1 is 0.897 bits per heavy atom. The number of carbonyl (C=O) groups excluding carboxylic acids is 2. The van der Waals surface area contributed by atoms with E-state index in [1.165, 1.54) is 11.3 Å². The number of rotatable bonds is 5. The summed E-state index contributed by atoms with van der Waals surface area (Å²) in [6.07, 6.45) is 0. The number of hydrogen-bond donors (Lipinski definition) is 1. The highest BCUT2D eigenvalue weighted by atomic mass is 32.1. The van der Waals surface area contributed by atoms with Crippen LogP contribution in [-0.2, 0) is 0 Å². The van der Waals surface area contributed by atoms with Crippen LogP contribution in [0.4, 0.5) is 11.4 Å². The summed E-state index contributed by atoms with van der Waals surface area (Å²) in [5.41, 5.74) is 2.13. The molecule has 0 aliphatic carbocycles. The largest absolute Gasteiger partial charge is 0.321 e. The Labute approximate surface area is 173 Å². The number of amides is 2. The first-order valence-electron chi connectivity index (χ1n) is 9.42. The molecule has 0 aliphatic rings. The van der Waals surface area contributed by atoms with Gasteiger partial charge in [-0.2, -0.15) is 0 Å². The number of thiophene rings is 1. The molecule has 1 N–H and O–H groups in total. The fourth-order valence-corrected chi connectivity index (χ4v) is 3.94. The fraction of sp³-hybridized carbons (Fsp3) is 0.0833. The third-order valence-corrected chi connectivity index (χ3v) is 5.62. The second-order valence-electron chi connectivity index (χ2n) is 6.56. The molecular weight excluding hydrogens is 380 g/mol. The second kappa shape index (κ2) is 8.29. The number of carbonyl (C=O) groups is 2. The molecule has 0 aliphatic heterocycles. The summed E-state index contributed by atoms with van der Waals surface area (Å²) in [5.74, 6) is -0.218. The Bertz CT molecular complexity index is 1150. The van der Waals surface area contributed by atoms with Crippen LogP contribution in [0, 0.1) is 0 Å². The molecular formula is C24H20N2O2S. The average molecular weight is 401 g/mol. The maximum Gasteiger partial charge on any atom is 0.265 e. The molecule has 0 saturated carbocycles. The molecule has 3 aromatic carbocycles. The van der Waals surface area contributed by atoms with Crippen molar-refractivity contribution in [3.05, 3.63) is 94.7 Å². The molecule has 0 bridgehead atoms. The minimum atomic E-state index is -0.148. The number of fused-ring (bicyclic) bond motifs is 1.